The normalized spacial score (nSPS) is 10.3. The predicted octanol–water partition coefficient (Wildman–Crippen LogP) is 2.16. The van der Waals surface area contributed by atoms with Gasteiger partial charge in [-0.25, -0.2) is 9.59 Å². The van der Waals surface area contributed by atoms with Gasteiger partial charge in [-0.15, -0.1) is 0 Å². The minimum Gasteiger partial charge on any atom is -0.465 e. The monoisotopic (exact) mass is 263 g/mol. The third-order valence-corrected chi connectivity index (χ3v) is 2.68. The maximum absolute atomic E-state index is 11.5. The van der Waals surface area contributed by atoms with Crippen molar-refractivity contribution in [1.82, 2.24) is 4.98 Å². The average Bonchev–Trinajstić information content (AvgIpc) is 3.03. The van der Waals surface area contributed by atoms with E-state index in [1.54, 1.807) is 25.1 Å². The molecule has 0 aliphatic rings. The molecule has 0 spiro atoms. The number of hydrogen-bond donors (Lipinski definition) is 1. The summed E-state index contributed by atoms with van der Waals surface area (Å²) in [7, 11) is 2.60. The van der Waals surface area contributed by atoms with Crippen LogP contribution in [0.1, 0.15) is 26.6 Å². The molecule has 2 heterocycles. The Balaban J connectivity index is 2.35. The van der Waals surface area contributed by atoms with Gasteiger partial charge in [-0.3, -0.25) is 0 Å². The molecule has 6 heteroatoms. The predicted molar refractivity (Wildman–Crippen MR) is 65.9 cm³/mol. The van der Waals surface area contributed by atoms with E-state index in [2.05, 4.69) is 14.5 Å². The van der Waals surface area contributed by atoms with Gasteiger partial charge in [-0.05, 0) is 19.1 Å². The summed E-state index contributed by atoms with van der Waals surface area (Å²) in [6.45, 7) is 1.67. The Morgan fingerprint density at radius 2 is 1.84 bits per heavy atom. The quantitative estimate of drug-likeness (QED) is 0.858. The van der Waals surface area contributed by atoms with Crippen LogP contribution in [0.5, 0.6) is 0 Å². The second-order valence-electron chi connectivity index (χ2n) is 3.85. The molecule has 19 heavy (non-hydrogen) atoms. The second-order valence-corrected chi connectivity index (χ2v) is 3.85. The number of aromatic amines is 1. The highest BCUT2D eigenvalue weighted by Gasteiger charge is 2.18. The molecule has 2 aromatic heterocycles. The van der Waals surface area contributed by atoms with Crippen molar-refractivity contribution in [3.63, 3.8) is 0 Å². The van der Waals surface area contributed by atoms with Gasteiger partial charge in [0, 0.05) is 6.07 Å². The molecule has 2 rings (SSSR count). The molecule has 100 valence electrons. The first kappa shape index (κ1) is 12.9. The molecule has 0 atom stereocenters. The van der Waals surface area contributed by atoms with Crippen molar-refractivity contribution in [3.8, 4) is 11.5 Å². The molecule has 1 N–H and O–H groups in total. The van der Waals surface area contributed by atoms with Gasteiger partial charge in [-0.1, -0.05) is 0 Å². The number of furan rings is 1. The topological polar surface area (TPSA) is 81.5 Å². The largest absolute Gasteiger partial charge is 0.465 e. The van der Waals surface area contributed by atoms with E-state index in [1.807, 2.05) is 0 Å². The molecule has 0 aromatic carbocycles. The van der Waals surface area contributed by atoms with Gasteiger partial charge in [0.1, 0.15) is 17.0 Å². The van der Waals surface area contributed by atoms with Gasteiger partial charge in [0.05, 0.1) is 19.9 Å². The highest BCUT2D eigenvalue weighted by molar-refractivity contribution is 5.92. The molecule has 0 aliphatic carbocycles. The maximum Gasteiger partial charge on any atom is 0.354 e. The lowest BCUT2D eigenvalue weighted by Crippen LogP contribution is -2.01. The lowest BCUT2D eigenvalue weighted by molar-refractivity contribution is 0.0587. The first-order chi connectivity index (χ1) is 9.06. The number of ether oxygens (including phenoxy) is 2. The number of H-pyrrole nitrogens is 1. The number of aryl methyl sites for hydroxylation is 1. The van der Waals surface area contributed by atoms with E-state index in [0.29, 0.717) is 28.5 Å². The number of nitrogens with one attached hydrogen (secondary N) is 1. The number of hydrogen-bond acceptors (Lipinski definition) is 5. The fourth-order valence-electron chi connectivity index (χ4n) is 1.70. The van der Waals surface area contributed by atoms with Gasteiger partial charge in [0.25, 0.3) is 0 Å². The van der Waals surface area contributed by atoms with E-state index in [4.69, 9.17) is 4.42 Å². The summed E-state index contributed by atoms with van der Waals surface area (Å²) in [5, 5.41) is 0. The fourth-order valence-corrected chi connectivity index (χ4v) is 1.70. The van der Waals surface area contributed by atoms with E-state index < -0.39 is 11.9 Å². The molecule has 0 unspecified atom stereocenters. The summed E-state index contributed by atoms with van der Waals surface area (Å²) in [4.78, 5) is 25.7. The van der Waals surface area contributed by atoms with Gasteiger partial charge in [-0.2, -0.15) is 0 Å². The summed E-state index contributed by atoms with van der Waals surface area (Å²) >= 11 is 0. The van der Waals surface area contributed by atoms with Crippen molar-refractivity contribution < 1.29 is 23.5 Å². The highest BCUT2D eigenvalue weighted by atomic mass is 16.5. The van der Waals surface area contributed by atoms with Crippen LogP contribution in [0.4, 0.5) is 0 Å². The molecule has 6 nitrogen and oxygen atoms in total. The standard InChI is InChI=1S/C13H13NO5/c1-7-8(12(15)17-2)6-11(19-7)9-4-5-10(14-9)13(16)18-3/h4-6,14H,1-3H3. The van der Waals surface area contributed by atoms with Crippen LogP contribution in [0.2, 0.25) is 0 Å². The molecule has 0 radical (unpaired) electrons. The zero-order valence-corrected chi connectivity index (χ0v) is 10.8. The van der Waals surface area contributed by atoms with Crippen molar-refractivity contribution >= 4 is 11.9 Å². The Morgan fingerprint density at radius 1 is 1.16 bits per heavy atom. The van der Waals surface area contributed by atoms with Crippen molar-refractivity contribution in [2.75, 3.05) is 14.2 Å². The molecule has 0 fully saturated rings. The van der Waals surface area contributed by atoms with Gasteiger partial charge < -0.3 is 18.9 Å². The van der Waals surface area contributed by atoms with Crippen LogP contribution >= 0.6 is 0 Å². The second kappa shape index (κ2) is 5.01. The minimum absolute atomic E-state index is 0.311. The summed E-state index contributed by atoms with van der Waals surface area (Å²) in [5.74, 6) is -0.0286. The smallest absolute Gasteiger partial charge is 0.354 e. The summed E-state index contributed by atoms with van der Waals surface area (Å²) in [5.41, 5.74) is 1.25. The third kappa shape index (κ3) is 2.37. The van der Waals surface area contributed by atoms with Crippen LogP contribution in [-0.2, 0) is 9.47 Å². The van der Waals surface area contributed by atoms with E-state index in [-0.39, 0.29) is 0 Å². The van der Waals surface area contributed by atoms with Crippen LogP contribution in [0, 0.1) is 6.92 Å². The number of carbonyl (C=O) groups is 2. The number of carbonyl (C=O) groups excluding carboxylic acids is 2. The van der Waals surface area contributed by atoms with E-state index in [9.17, 15) is 9.59 Å². The first-order valence-corrected chi connectivity index (χ1v) is 5.53. The molecule has 0 saturated carbocycles. The molecule has 2 aromatic rings. The lowest BCUT2D eigenvalue weighted by Gasteiger charge is -1.94. The molecular weight excluding hydrogens is 250 g/mol. The number of aromatic nitrogens is 1. The van der Waals surface area contributed by atoms with E-state index in [1.165, 1.54) is 14.2 Å². The van der Waals surface area contributed by atoms with Crippen LogP contribution in [0.15, 0.2) is 22.6 Å². The Hall–Kier alpha value is -2.50. The molecule has 0 saturated heterocycles. The van der Waals surface area contributed by atoms with Crippen molar-refractivity contribution in [1.29, 1.82) is 0 Å². The summed E-state index contributed by atoms with van der Waals surface area (Å²) in [6.07, 6.45) is 0. The lowest BCUT2D eigenvalue weighted by atomic mass is 10.2. The third-order valence-electron chi connectivity index (χ3n) is 2.68. The SMILES string of the molecule is COC(=O)c1ccc(-c2cc(C(=O)OC)c(C)o2)[nH]1. The van der Waals surface area contributed by atoms with E-state index >= 15 is 0 Å². The molecular formula is C13H13NO5. The van der Waals surface area contributed by atoms with Crippen LogP contribution in [0.25, 0.3) is 11.5 Å². The Labute approximate surface area is 109 Å². The van der Waals surface area contributed by atoms with Crippen molar-refractivity contribution in [2.24, 2.45) is 0 Å². The fraction of sp³-hybridized carbons (Fsp3) is 0.231. The molecule has 0 amide bonds. The van der Waals surface area contributed by atoms with Crippen LogP contribution < -0.4 is 0 Å². The number of esters is 2. The van der Waals surface area contributed by atoms with E-state index in [0.717, 1.165) is 0 Å². The minimum atomic E-state index is -0.470. The number of rotatable bonds is 3. The molecule has 0 bridgehead atoms. The average molecular weight is 263 g/mol. The number of methoxy groups -OCH3 is 2. The summed E-state index contributed by atoms with van der Waals surface area (Å²) in [6, 6.07) is 4.82. The maximum atomic E-state index is 11.5. The zero-order valence-electron chi connectivity index (χ0n) is 10.8. The Kier molecular flexibility index (Phi) is 3.41. The Morgan fingerprint density at radius 3 is 2.47 bits per heavy atom. The highest BCUT2D eigenvalue weighted by Crippen LogP contribution is 2.25. The molecule has 0 aliphatic heterocycles. The summed E-state index contributed by atoms with van der Waals surface area (Å²) < 4.78 is 14.7. The van der Waals surface area contributed by atoms with Crippen LogP contribution in [-0.4, -0.2) is 31.1 Å². The first-order valence-electron chi connectivity index (χ1n) is 5.53. The zero-order chi connectivity index (χ0) is 14.0. The Bertz CT molecular complexity index is 623. The van der Waals surface area contributed by atoms with Crippen LogP contribution in [0.3, 0.4) is 0 Å². The van der Waals surface area contributed by atoms with Gasteiger partial charge >= 0.3 is 11.9 Å². The van der Waals surface area contributed by atoms with Crippen molar-refractivity contribution in [2.45, 2.75) is 6.92 Å². The van der Waals surface area contributed by atoms with Gasteiger partial charge in [0.15, 0.2) is 5.76 Å². The van der Waals surface area contributed by atoms with Crippen molar-refractivity contribution in [3.05, 3.63) is 35.2 Å². The van der Waals surface area contributed by atoms with Gasteiger partial charge in [0.2, 0.25) is 0 Å².